The molecule has 0 aromatic heterocycles. The number of halogens is 1. The minimum absolute atomic E-state index is 0.00600. The quantitative estimate of drug-likeness (QED) is 0.810. The van der Waals surface area contributed by atoms with Gasteiger partial charge in [-0.25, -0.2) is 0 Å². The molecule has 2 aromatic carbocycles. The van der Waals surface area contributed by atoms with Crippen molar-refractivity contribution in [2.24, 2.45) is 5.92 Å². The fourth-order valence-electron chi connectivity index (χ4n) is 4.15. The molecule has 2 atom stereocenters. The number of amides is 2. The van der Waals surface area contributed by atoms with E-state index in [4.69, 9.17) is 16.3 Å². The molecule has 30 heavy (non-hydrogen) atoms. The average Bonchev–Trinajstić information content (AvgIpc) is 2.77. The van der Waals surface area contributed by atoms with Gasteiger partial charge in [-0.2, -0.15) is 0 Å². The van der Waals surface area contributed by atoms with Crippen LogP contribution in [0, 0.1) is 5.92 Å². The molecule has 7 heteroatoms. The van der Waals surface area contributed by atoms with Crippen molar-refractivity contribution in [2.45, 2.75) is 32.0 Å². The summed E-state index contributed by atoms with van der Waals surface area (Å²) in [6.07, 6.45) is 0.222. The van der Waals surface area contributed by atoms with Gasteiger partial charge in [-0.15, -0.1) is 0 Å². The van der Waals surface area contributed by atoms with Gasteiger partial charge in [-0.05, 0) is 55.5 Å². The number of para-hydroxylation sites is 2. The van der Waals surface area contributed by atoms with E-state index in [9.17, 15) is 14.7 Å². The number of ether oxygens (including phenoxy) is 1. The topological polar surface area (TPSA) is 70.1 Å². The van der Waals surface area contributed by atoms with Gasteiger partial charge in [0.1, 0.15) is 12.3 Å². The predicted octanol–water partition coefficient (Wildman–Crippen LogP) is 3.43. The normalized spacial score (nSPS) is 20.5. The zero-order valence-electron chi connectivity index (χ0n) is 16.8. The molecule has 0 spiro atoms. The predicted molar refractivity (Wildman–Crippen MR) is 115 cm³/mol. The minimum Gasteiger partial charge on any atom is -0.479 e. The second-order valence-electron chi connectivity index (χ2n) is 7.87. The van der Waals surface area contributed by atoms with Crippen molar-refractivity contribution in [1.29, 1.82) is 0 Å². The number of piperidine rings is 1. The molecule has 0 unspecified atom stereocenters. The lowest BCUT2D eigenvalue weighted by molar-refractivity contribution is -0.134. The lowest BCUT2D eigenvalue weighted by Crippen LogP contribution is -2.51. The number of carbonyl (C=O) groups excluding carboxylic acids is 2. The van der Waals surface area contributed by atoms with Crippen LogP contribution in [0.15, 0.2) is 48.5 Å². The number of carbonyl (C=O) groups is 2. The first-order valence-corrected chi connectivity index (χ1v) is 10.6. The monoisotopic (exact) mass is 428 g/mol. The SMILES string of the molecule is C[C@@H]1Oc2ccccc2N(CC(=O)N2CCC([C@@H](O)c3ccc(Cl)cc3)CC2)C1=O. The zero-order chi connectivity index (χ0) is 21.3. The average molecular weight is 429 g/mol. The Balaban J connectivity index is 1.38. The standard InChI is InChI=1S/C23H25ClN2O4/c1-15-23(29)26(19-4-2-3-5-20(19)30-15)14-21(27)25-12-10-17(11-13-25)22(28)16-6-8-18(24)9-7-16/h2-9,15,17,22,28H,10-14H2,1H3/t15-,22-/m0/s1. The second-order valence-corrected chi connectivity index (χ2v) is 8.30. The van der Waals surface area contributed by atoms with Crippen molar-refractivity contribution in [3.05, 3.63) is 59.1 Å². The van der Waals surface area contributed by atoms with Crippen molar-refractivity contribution < 1.29 is 19.4 Å². The summed E-state index contributed by atoms with van der Waals surface area (Å²) in [5, 5.41) is 11.3. The highest BCUT2D eigenvalue weighted by Gasteiger charge is 2.35. The van der Waals surface area contributed by atoms with E-state index in [2.05, 4.69) is 0 Å². The summed E-state index contributed by atoms with van der Waals surface area (Å²) < 4.78 is 5.64. The maximum atomic E-state index is 12.9. The van der Waals surface area contributed by atoms with E-state index in [-0.39, 0.29) is 24.3 Å². The van der Waals surface area contributed by atoms with Crippen LogP contribution < -0.4 is 9.64 Å². The Kier molecular flexibility index (Phi) is 5.97. The Labute approximate surface area is 181 Å². The molecular formula is C23H25ClN2O4. The lowest BCUT2D eigenvalue weighted by Gasteiger charge is -2.37. The molecule has 1 fully saturated rings. The number of rotatable bonds is 4. The summed E-state index contributed by atoms with van der Waals surface area (Å²) in [5.74, 6) is 0.393. The highest BCUT2D eigenvalue weighted by Crippen LogP contribution is 2.34. The van der Waals surface area contributed by atoms with Crippen LogP contribution in [0.3, 0.4) is 0 Å². The molecule has 158 valence electrons. The maximum Gasteiger partial charge on any atom is 0.268 e. The summed E-state index contributed by atoms with van der Waals surface area (Å²) in [6, 6.07) is 14.5. The molecule has 1 N–H and O–H groups in total. The van der Waals surface area contributed by atoms with Gasteiger partial charge < -0.3 is 14.7 Å². The Morgan fingerprint density at radius 2 is 1.83 bits per heavy atom. The third kappa shape index (κ3) is 4.16. The molecule has 2 aromatic rings. The third-order valence-corrected chi connectivity index (χ3v) is 6.17. The first-order chi connectivity index (χ1) is 14.4. The minimum atomic E-state index is -0.618. The first kappa shape index (κ1) is 20.7. The number of nitrogens with zero attached hydrogens (tertiary/aromatic N) is 2. The van der Waals surface area contributed by atoms with Gasteiger partial charge >= 0.3 is 0 Å². The molecule has 6 nitrogen and oxygen atoms in total. The summed E-state index contributed by atoms with van der Waals surface area (Å²) in [5.41, 5.74) is 1.47. The van der Waals surface area contributed by atoms with Crippen LogP contribution in [-0.4, -0.2) is 47.6 Å². The van der Waals surface area contributed by atoms with Gasteiger partial charge in [0.15, 0.2) is 6.10 Å². The number of likely N-dealkylation sites (tertiary alicyclic amines) is 1. The van der Waals surface area contributed by atoms with E-state index < -0.39 is 12.2 Å². The Bertz CT molecular complexity index is 925. The van der Waals surface area contributed by atoms with Crippen LogP contribution in [0.4, 0.5) is 5.69 Å². The molecule has 1 saturated heterocycles. The number of benzene rings is 2. The molecule has 0 aliphatic carbocycles. The number of hydrogen-bond donors (Lipinski definition) is 1. The van der Waals surface area contributed by atoms with E-state index in [1.165, 1.54) is 4.90 Å². The molecule has 0 saturated carbocycles. The van der Waals surface area contributed by atoms with Gasteiger partial charge in [0.05, 0.1) is 11.8 Å². The van der Waals surface area contributed by atoms with E-state index >= 15 is 0 Å². The Morgan fingerprint density at radius 3 is 2.53 bits per heavy atom. The maximum absolute atomic E-state index is 12.9. The molecule has 2 amide bonds. The van der Waals surface area contributed by atoms with Crippen LogP contribution in [0.2, 0.25) is 5.02 Å². The van der Waals surface area contributed by atoms with E-state index in [0.717, 1.165) is 5.56 Å². The van der Waals surface area contributed by atoms with Crippen LogP contribution in [0.25, 0.3) is 0 Å². The summed E-state index contributed by atoms with van der Waals surface area (Å²) in [4.78, 5) is 28.8. The number of anilines is 1. The van der Waals surface area contributed by atoms with Gasteiger partial charge in [0, 0.05) is 18.1 Å². The fraction of sp³-hybridized carbons (Fsp3) is 0.391. The van der Waals surface area contributed by atoms with E-state index in [0.29, 0.717) is 42.4 Å². The van der Waals surface area contributed by atoms with Gasteiger partial charge in [0.25, 0.3) is 5.91 Å². The molecule has 0 bridgehead atoms. The highest BCUT2D eigenvalue weighted by atomic mass is 35.5. The summed E-state index contributed by atoms with van der Waals surface area (Å²) in [7, 11) is 0. The third-order valence-electron chi connectivity index (χ3n) is 5.92. The molecule has 2 aliphatic rings. The molecular weight excluding hydrogens is 404 g/mol. The molecule has 2 aliphatic heterocycles. The van der Waals surface area contributed by atoms with Crippen molar-refractivity contribution in [3.8, 4) is 5.75 Å². The molecule has 2 heterocycles. The van der Waals surface area contributed by atoms with Gasteiger partial charge in [-0.3, -0.25) is 14.5 Å². The smallest absolute Gasteiger partial charge is 0.268 e. The van der Waals surface area contributed by atoms with Gasteiger partial charge in [0.2, 0.25) is 5.91 Å². The summed E-state index contributed by atoms with van der Waals surface area (Å²) in [6.45, 7) is 2.81. The van der Waals surface area contributed by atoms with Crippen molar-refractivity contribution in [1.82, 2.24) is 4.90 Å². The Hall–Kier alpha value is -2.57. The van der Waals surface area contributed by atoms with Crippen LogP contribution in [0.1, 0.15) is 31.4 Å². The number of hydrogen-bond acceptors (Lipinski definition) is 4. The second kappa shape index (κ2) is 8.66. The van der Waals surface area contributed by atoms with Crippen LogP contribution >= 0.6 is 11.6 Å². The largest absolute Gasteiger partial charge is 0.479 e. The number of aliphatic hydroxyl groups excluding tert-OH is 1. The number of aliphatic hydroxyl groups is 1. The zero-order valence-corrected chi connectivity index (χ0v) is 17.6. The van der Waals surface area contributed by atoms with E-state index in [1.807, 2.05) is 24.3 Å². The van der Waals surface area contributed by atoms with Gasteiger partial charge in [-0.1, -0.05) is 35.9 Å². The van der Waals surface area contributed by atoms with E-state index in [1.54, 1.807) is 36.1 Å². The number of fused-ring (bicyclic) bond motifs is 1. The fourth-order valence-corrected chi connectivity index (χ4v) is 4.28. The summed E-state index contributed by atoms with van der Waals surface area (Å²) >= 11 is 5.93. The molecule has 4 rings (SSSR count). The first-order valence-electron chi connectivity index (χ1n) is 10.2. The van der Waals surface area contributed by atoms with Crippen molar-refractivity contribution in [3.63, 3.8) is 0 Å². The van der Waals surface area contributed by atoms with Crippen molar-refractivity contribution >= 4 is 29.1 Å². The molecule has 0 radical (unpaired) electrons. The van der Waals surface area contributed by atoms with Crippen LogP contribution in [0.5, 0.6) is 5.75 Å². The van der Waals surface area contributed by atoms with Crippen molar-refractivity contribution in [2.75, 3.05) is 24.5 Å². The van der Waals surface area contributed by atoms with Crippen LogP contribution in [-0.2, 0) is 9.59 Å². The highest BCUT2D eigenvalue weighted by molar-refractivity contribution is 6.30. The lowest BCUT2D eigenvalue weighted by atomic mass is 9.87. The Morgan fingerprint density at radius 1 is 1.17 bits per heavy atom.